The molecular weight excluding hydrogens is 264 g/mol. The minimum Gasteiger partial charge on any atom is -0.493 e. The predicted molar refractivity (Wildman–Crippen MR) is 85.9 cm³/mol. The van der Waals surface area contributed by atoms with E-state index in [0.29, 0.717) is 23.6 Å². The molecule has 4 nitrogen and oxygen atoms in total. The number of nitrogen functional groups attached to an aromatic ring is 1. The zero-order valence-corrected chi connectivity index (χ0v) is 12.6. The highest BCUT2D eigenvalue weighted by Gasteiger charge is 2.16. The molecule has 110 valence electrons. The van der Waals surface area contributed by atoms with Crippen molar-refractivity contribution in [3.05, 3.63) is 53.1 Å². The van der Waals surface area contributed by atoms with E-state index in [1.807, 2.05) is 39.0 Å². The SMILES string of the molecule is CCOc1cccc(N)c1C(=O)Nc1ccc(C)cc1C. The molecule has 2 aromatic carbocycles. The number of rotatable bonds is 4. The van der Waals surface area contributed by atoms with Crippen molar-refractivity contribution in [2.24, 2.45) is 0 Å². The quantitative estimate of drug-likeness (QED) is 0.844. The summed E-state index contributed by atoms with van der Waals surface area (Å²) in [5.41, 5.74) is 9.64. The molecule has 0 aromatic heterocycles. The Morgan fingerprint density at radius 1 is 1.24 bits per heavy atom. The molecule has 0 aliphatic heterocycles. The predicted octanol–water partition coefficient (Wildman–Crippen LogP) is 3.54. The average Bonchev–Trinajstić information content (AvgIpc) is 2.42. The molecule has 0 atom stereocenters. The Labute approximate surface area is 124 Å². The summed E-state index contributed by atoms with van der Waals surface area (Å²) in [4.78, 5) is 12.5. The van der Waals surface area contributed by atoms with Gasteiger partial charge >= 0.3 is 0 Å². The summed E-state index contributed by atoms with van der Waals surface area (Å²) in [5.74, 6) is 0.239. The third-order valence-electron chi connectivity index (χ3n) is 3.22. The largest absolute Gasteiger partial charge is 0.493 e. The summed E-state index contributed by atoms with van der Waals surface area (Å²) in [6.45, 7) is 6.32. The van der Waals surface area contributed by atoms with Gasteiger partial charge in [0.1, 0.15) is 11.3 Å². The number of amides is 1. The van der Waals surface area contributed by atoms with Crippen molar-refractivity contribution < 1.29 is 9.53 Å². The summed E-state index contributed by atoms with van der Waals surface area (Å²) in [7, 11) is 0. The van der Waals surface area contributed by atoms with Gasteiger partial charge in [-0.3, -0.25) is 4.79 Å². The first-order chi connectivity index (χ1) is 10.0. The molecule has 0 bridgehead atoms. The number of benzene rings is 2. The number of carbonyl (C=O) groups is 1. The van der Waals surface area contributed by atoms with E-state index in [0.717, 1.165) is 16.8 Å². The number of hydrogen-bond acceptors (Lipinski definition) is 3. The van der Waals surface area contributed by atoms with Crippen molar-refractivity contribution >= 4 is 17.3 Å². The van der Waals surface area contributed by atoms with E-state index in [1.54, 1.807) is 18.2 Å². The highest BCUT2D eigenvalue weighted by atomic mass is 16.5. The van der Waals surface area contributed by atoms with Crippen LogP contribution < -0.4 is 15.8 Å². The van der Waals surface area contributed by atoms with Crippen LogP contribution in [0.4, 0.5) is 11.4 Å². The van der Waals surface area contributed by atoms with Crippen molar-refractivity contribution in [2.45, 2.75) is 20.8 Å². The van der Waals surface area contributed by atoms with Gasteiger partial charge in [0.05, 0.1) is 6.61 Å². The van der Waals surface area contributed by atoms with Gasteiger partial charge in [0, 0.05) is 11.4 Å². The van der Waals surface area contributed by atoms with Gasteiger partial charge in [-0.1, -0.05) is 23.8 Å². The summed E-state index contributed by atoms with van der Waals surface area (Å²) < 4.78 is 5.49. The number of anilines is 2. The van der Waals surface area contributed by atoms with Gasteiger partial charge in [0.15, 0.2) is 0 Å². The number of nitrogens with one attached hydrogen (secondary N) is 1. The smallest absolute Gasteiger partial charge is 0.261 e. The van der Waals surface area contributed by atoms with Crippen LogP contribution in [0.2, 0.25) is 0 Å². The molecule has 21 heavy (non-hydrogen) atoms. The van der Waals surface area contributed by atoms with Crippen molar-refractivity contribution in [2.75, 3.05) is 17.7 Å². The van der Waals surface area contributed by atoms with Crippen LogP contribution in [0.15, 0.2) is 36.4 Å². The van der Waals surface area contributed by atoms with E-state index >= 15 is 0 Å². The molecule has 0 fully saturated rings. The summed E-state index contributed by atoms with van der Waals surface area (Å²) >= 11 is 0. The molecule has 4 heteroatoms. The van der Waals surface area contributed by atoms with Crippen LogP contribution in [0.25, 0.3) is 0 Å². The molecule has 0 aliphatic rings. The molecule has 0 saturated heterocycles. The van der Waals surface area contributed by atoms with Crippen molar-refractivity contribution in [3.63, 3.8) is 0 Å². The molecule has 0 unspecified atom stereocenters. The second-order valence-corrected chi connectivity index (χ2v) is 4.93. The number of nitrogens with two attached hydrogens (primary N) is 1. The lowest BCUT2D eigenvalue weighted by Gasteiger charge is -2.14. The molecule has 2 rings (SSSR count). The van der Waals surface area contributed by atoms with Crippen LogP contribution in [0.1, 0.15) is 28.4 Å². The third-order valence-corrected chi connectivity index (χ3v) is 3.22. The Hall–Kier alpha value is -2.49. The first-order valence-electron chi connectivity index (χ1n) is 6.92. The molecule has 2 aromatic rings. The zero-order chi connectivity index (χ0) is 15.4. The van der Waals surface area contributed by atoms with E-state index in [1.165, 1.54) is 0 Å². The topological polar surface area (TPSA) is 64.3 Å². The van der Waals surface area contributed by atoms with E-state index < -0.39 is 0 Å². The fourth-order valence-corrected chi connectivity index (χ4v) is 2.21. The van der Waals surface area contributed by atoms with Crippen LogP contribution in [-0.2, 0) is 0 Å². The minimum atomic E-state index is -0.261. The van der Waals surface area contributed by atoms with Gasteiger partial charge in [-0.05, 0) is 44.5 Å². The van der Waals surface area contributed by atoms with Gasteiger partial charge in [-0.2, -0.15) is 0 Å². The van der Waals surface area contributed by atoms with Crippen molar-refractivity contribution in [1.29, 1.82) is 0 Å². The van der Waals surface area contributed by atoms with Gasteiger partial charge in [-0.25, -0.2) is 0 Å². The van der Waals surface area contributed by atoms with Crippen molar-refractivity contribution in [3.8, 4) is 5.75 Å². The fraction of sp³-hybridized carbons (Fsp3) is 0.235. The number of aryl methyl sites for hydroxylation is 2. The van der Waals surface area contributed by atoms with Crippen LogP contribution in [0.3, 0.4) is 0 Å². The fourth-order valence-electron chi connectivity index (χ4n) is 2.21. The molecule has 0 radical (unpaired) electrons. The van der Waals surface area contributed by atoms with Crippen LogP contribution in [0, 0.1) is 13.8 Å². The second kappa shape index (κ2) is 6.31. The normalized spacial score (nSPS) is 10.2. The standard InChI is InChI=1S/C17H20N2O2/c1-4-21-15-7-5-6-13(18)16(15)17(20)19-14-9-8-11(2)10-12(14)3/h5-10H,4,18H2,1-3H3,(H,19,20). The molecule has 0 spiro atoms. The first-order valence-corrected chi connectivity index (χ1v) is 6.92. The summed E-state index contributed by atoms with van der Waals surface area (Å²) in [6, 6.07) is 11.1. The van der Waals surface area contributed by atoms with E-state index in [9.17, 15) is 4.79 Å². The van der Waals surface area contributed by atoms with E-state index in [2.05, 4.69) is 5.32 Å². The third kappa shape index (κ3) is 3.34. The summed E-state index contributed by atoms with van der Waals surface area (Å²) in [6.07, 6.45) is 0. The Morgan fingerprint density at radius 3 is 2.67 bits per heavy atom. The average molecular weight is 284 g/mol. The molecular formula is C17H20N2O2. The summed E-state index contributed by atoms with van der Waals surface area (Å²) in [5, 5.41) is 2.89. The maximum Gasteiger partial charge on any atom is 0.261 e. The number of ether oxygens (including phenoxy) is 1. The molecule has 3 N–H and O–H groups in total. The van der Waals surface area contributed by atoms with Gasteiger partial charge in [0.2, 0.25) is 0 Å². The lowest BCUT2D eigenvalue weighted by Crippen LogP contribution is -2.16. The lowest BCUT2D eigenvalue weighted by atomic mass is 10.1. The molecule has 0 aliphatic carbocycles. The van der Waals surface area contributed by atoms with Gasteiger partial charge in [0.25, 0.3) is 5.91 Å². The Bertz CT molecular complexity index is 666. The molecule has 0 heterocycles. The Morgan fingerprint density at radius 2 is 2.00 bits per heavy atom. The number of hydrogen-bond donors (Lipinski definition) is 2. The van der Waals surface area contributed by atoms with Crippen LogP contribution in [0.5, 0.6) is 5.75 Å². The maximum atomic E-state index is 12.5. The Balaban J connectivity index is 2.32. The van der Waals surface area contributed by atoms with E-state index in [4.69, 9.17) is 10.5 Å². The maximum absolute atomic E-state index is 12.5. The van der Waals surface area contributed by atoms with Gasteiger partial charge in [-0.15, -0.1) is 0 Å². The Kier molecular flexibility index (Phi) is 4.48. The van der Waals surface area contributed by atoms with E-state index in [-0.39, 0.29) is 5.91 Å². The van der Waals surface area contributed by atoms with Crippen molar-refractivity contribution in [1.82, 2.24) is 0 Å². The highest BCUT2D eigenvalue weighted by Crippen LogP contribution is 2.26. The minimum absolute atomic E-state index is 0.261. The first kappa shape index (κ1) is 14.9. The lowest BCUT2D eigenvalue weighted by molar-refractivity contribution is 0.102. The van der Waals surface area contributed by atoms with Crippen LogP contribution >= 0.6 is 0 Å². The molecule has 0 saturated carbocycles. The van der Waals surface area contributed by atoms with Crippen LogP contribution in [-0.4, -0.2) is 12.5 Å². The monoisotopic (exact) mass is 284 g/mol. The highest BCUT2D eigenvalue weighted by molar-refractivity contribution is 6.10. The zero-order valence-electron chi connectivity index (χ0n) is 12.6. The second-order valence-electron chi connectivity index (χ2n) is 4.93. The number of carbonyl (C=O) groups excluding carboxylic acids is 1. The molecule has 1 amide bonds. The van der Waals surface area contributed by atoms with Gasteiger partial charge < -0.3 is 15.8 Å².